The molecule has 0 bridgehead atoms. The minimum Gasteiger partial charge on any atom is -0.480 e. The Balaban J connectivity index is 2.61. The number of rotatable bonds is 2. The average Bonchev–Trinajstić information content (AvgIpc) is 2.49. The summed E-state index contributed by atoms with van der Waals surface area (Å²) in [7, 11) is 0. The molecule has 0 atom stereocenters. The first-order valence-electron chi connectivity index (χ1n) is 4.31. The van der Waals surface area contributed by atoms with Crippen LogP contribution in [0.4, 0.5) is 0 Å². The summed E-state index contributed by atoms with van der Waals surface area (Å²) in [4.78, 5) is 10.6. The molecule has 2 rings (SSSR count). The van der Waals surface area contributed by atoms with Gasteiger partial charge in [0.2, 0.25) is 0 Å². The minimum atomic E-state index is -0.877. The van der Waals surface area contributed by atoms with E-state index in [9.17, 15) is 4.79 Å². The topological polar surface area (TPSA) is 55.1 Å². The van der Waals surface area contributed by atoms with Gasteiger partial charge in [0.15, 0.2) is 0 Å². The SMILES string of the molecule is Cc1cccc2cnn(CC(=O)O)c12. The molecule has 1 aromatic heterocycles. The third kappa shape index (κ3) is 1.35. The predicted molar refractivity (Wildman–Crippen MR) is 52.1 cm³/mol. The van der Waals surface area contributed by atoms with E-state index in [-0.39, 0.29) is 6.54 Å². The van der Waals surface area contributed by atoms with Crippen LogP contribution in [0.1, 0.15) is 5.56 Å². The highest BCUT2D eigenvalue weighted by molar-refractivity contribution is 5.83. The van der Waals surface area contributed by atoms with Crippen LogP contribution < -0.4 is 0 Å². The van der Waals surface area contributed by atoms with Crippen molar-refractivity contribution < 1.29 is 9.90 Å². The Morgan fingerprint density at radius 1 is 1.57 bits per heavy atom. The van der Waals surface area contributed by atoms with Gasteiger partial charge in [-0.1, -0.05) is 18.2 Å². The lowest BCUT2D eigenvalue weighted by Crippen LogP contribution is -2.10. The number of para-hydroxylation sites is 1. The summed E-state index contributed by atoms with van der Waals surface area (Å²) < 4.78 is 1.51. The van der Waals surface area contributed by atoms with Crippen LogP contribution >= 0.6 is 0 Å². The van der Waals surface area contributed by atoms with E-state index in [1.807, 2.05) is 25.1 Å². The second-order valence-corrected chi connectivity index (χ2v) is 3.21. The fraction of sp³-hybridized carbons (Fsp3) is 0.200. The first-order valence-corrected chi connectivity index (χ1v) is 4.31. The highest BCUT2D eigenvalue weighted by atomic mass is 16.4. The number of hydrogen-bond acceptors (Lipinski definition) is 2. The van der Waals surface area contributed by atoms with E-state index in [2.05, 4.69) is 5.10 Å². The predicted octanol–water partition coefficient (Wildman–Crippen LogP) is 1.43. The van der Waals surface area contributed by atoms with Crippen LogP contribution in [0.5, 0.6) is 0 Å². The molecule has 4 heteroatoms. The standard InChI is InChI=1S/C10H10N2O2/c1-7-3-2-4-8-5-11-12(10(7)8)6-9(13)14/h2-5H,6H2,1H3,(H,13,14). The number of hydrogen-bond donors (Lipinski definition) is 1. The molecule has 1 aromatic carbocycles. The van der Waals surface area contributed by atoms with Crippen LogP contribution in [0.25, 0.3) is 10.9 Å². The molecule has 14 heavy (non-hydrogen) atoms. The van der Waals surface area contributed by atoms with Crippen LogP contribution in [0.2, 0.25) is 0 Å². The lowest BCUT2D eigenvalue weighted by Gasteiger charge is -2.01. The summed E-state index contributed by atoms with van der Waals surface area (Å²) >= 11 is 0. The molecule has 0 saturated heterocycles. The Kier molecular flexibility index (Phi) is 1.96. The van der Waals surface area contributed by atoms with Gasteiger partial charge >= 0.3 is 5.97 Å². The van der Waals surface area contributed by atoms with Crippen molar-refractivity contribution in [3.8, 4) is 0 Å². The van der Waals surface area contributed by atoms with Crippen LogP contribution in [-0.2, 0) is 11.3 Å². The lowest BCUT2D eigenvalue weighted by molar-refractivity contribution is -0.137. The molecule has 0 saturated carbocycles. The van der Waals surface area contributed by atoms with E-state index in [1.54, 1.807) is 6.20 Å². The summed E-state index contributed by atoms with van der Waals surface area (Å²) in [5.74, 6) is -0.877. The molecular weight excluding hydrogens is 180 g/mol. The molecule has 1 heterocycles. The van der Waals surface area contributed by atoms with E-state index in [0.717, 1.165) is 16.5 Å². The second kappa shape index (κ2) is 3.14. The van der Waals surface area contributed by atoms with Gasteiger partial charge in [0, 0.05) is 5.39 Å². The normalized spacial score (nSPS) is 10.6. The molecule has 0 spiro atoms. The second-order valence-electron chi connectivity index (χ2n) is 3.21. The minimum absolute atomic E-state index is 0.0889. The van der Waals surface area contributed by atoms with Gasteiger partial charge < -0.3 is 5.11 Å². The number of carboxylic acids is 1. The summed E-state index contributed by atoms with van der Waals surface area (Å²) in [5.41, 5.74) is 1.94. The molecule has 0 aliphatic rings. The third-order valence-electron chi connectivity index (χ3n) is 2.15. The van der Waals surface area contributed by atoms with Crippen LogP contribution in [0.15, 0.2) is 24.4 Å². The van der Waals surface area contributed by atoms with Crippen molar-refractivity contribution in [3.05, 3.63) is 30.0 Å². The monoisotopic (exact) mass is 190 g/mol. The maximum atomic E-state index is 10.6. The van der Waals surface area contributed by atoms with Crippen molar-refractivity contribution in [2.75, 3.05) is 0 Å². The van der Waals surface area contributed by atoms with E-state index in [4.69, 9.17) is 5.11 Å². The van der Waals surface area contributed by atoms with Gasteiger partial charge in [0.1, 0.15) is 6.54 Å². The Hall–Kier alpha value is -1.84. The van der Waals surface area contributed by atoms with Gasteiger partial charge in [-0.05, 0) is 12.5 Å². The number of nitrogens with zero attached hydrogens (tertiary/aromatic N) is 2. The maximum absolute atomic E-state index is 10.6. The van der Waals surface area contributed by atoms with Gasteiger partial charge in [-0.3, -0.25) is 9.48 Å². The number of fused-ring (bicyclic) bond motifs is 1. The molecule has 0 aliphatic heterocycles. The number of carboxylic acid groups (broad SMARTS) is 1. The van der Waals surface area contributed by atoms with E-state index in [1.165, 1.54) is 4.68 Å². The van der Waals surface area contributed by atoms with Crippen molar-refractivity contribution in [3.63, 3.8) is 0 Å². The number of benzene rings is 1. The molecule has 0 amide bonds. The zero-order valence-corrected chi connectivity index (χ0v) is 7.77. The summed E-state index contributed by atoms with van der Waals surface area (Å²) in [6.45, 7) is 1.86. The van der Waals surface area contributed by atoms with Crippen molar-refractivity contribution in [2.45, 2.75) is 13.5 Å². The van der Waals surface area contributed by atoms with Crippen molar-refractivity contribution in [1.82, 2.24) is 9.78 Å². The zero-order chi connectivity index (χ0) is 10.1. The lowest BCUT2D eigenvalue weighted by atomic mass is 10.2. The van der Waals surface area contributed by atoms with Crippen LogP contribution in [0, 0.1) is 6.92 Å². The van der Waals surface area contributed by atoms with Crippen LogP contribution in [0.3, 0.4) is 0 Å². The van der Waals surface area contributed by atoms with Gasteiger partial charge in [0.25, 0.3) is 0 Å². The first-order chi connectivity index (χ1) is 6.68. The van der Waals surface area contributed by atoms with Gasteiger partial charge in [0.05, 0.1) is 11.7 Å². The Labute approximate surface area is 80.8 Å². The Morgan fingerprint density at radius 3 is 3.07 bits per heavy atom. The number of aliphatic carboxylic acids is 1. The van der Waals surface area contributed by atoms with E-state index < -0.39 is 5.97 Å². The summed E-state index contributed by atoms with van der Waals surface area (Å²) in [6.07, 6.45) is 1.69. The van der Waals surface area contributed by atoms with Gasteiger partial charge in [-0.2, -0.15) is 5.10 Å². The fourth-order valence-corrected chi connectivity index (χ4v) is 1.58. The van der Waals surface area contributed by atoms with E-state index in [0.29, 0.717) is 0 Å². The fourth-order valence-electron chi connectivity index (χ4n) is 1.58. The highest BCUT2D eigenvalue weighted by Gasteiger charge is 2.07. The third-order valence-corrected chi connectivity index (χ3v) is 2.15. The number of aryl methyl sites for hydroxylation is 1. The Bertz CT molecular complexity index is 488. The molecule has 0 fully saturated rings. The smallest absolute Gasteiger partial charge is 0.325 e. The molecule has 0 unspecified atom stereocenters. The quantitative estimate of drug-likeness (QED) is 0.779. The summed E-state index contributed by atoms with van der Waals surface area (Å²) in [5, 5.41) is 13.7. The van der Waals surface area contributed by atoms with Crippen molar-refractivity contribution in [2.24, 2.45) is 0 Å². The van der Waals surface area contributed by atoms with E-state index >= 15 is 0 Å². The largest absolute Gasteiger partial charge is 0.480 e. The molecule has 4 nitrogen and oxygen atoms in total. The molecular formula is C10H10N2O2. The van der Waals surface area contributed by atoms with Gasteiger partial charge in [-0.15, -0.1) is 0 Å². The maximum Gasteiger partial charge on any atom is 0.325 e. The average molecular weight is 190 g/mol. The molecule has 1 N–H and O–H groups in total. The van der Waals surface area contributed by atoms with Gasteiger partial charge in [-0.25, -0.2) is 0 Å². The summed E-state index contributed by atoms with van der Waals surface area (Å²) in [6, 6.07) is 5.81. The Morgan fingerprint density at radius 2 is 2.36 bits per heavy atom. The highest BCUT2D eigenvalue weighted by Crippen LogP contribution is 2.17. The molecule has 72 valence electrons. The van der Waals surface area contributed by atoms with Crippen molar-refractivity contribution >= 4 is 16.9 Å². The molecule has 0 radical (unpaired) electrons. The first kappa shape index (κ1) is 8.74. The number of aromatic nitrogens is 2. The molecule has 0 aliphatic carbocycles. The number of carbonyl (C=O) groups is 1. The van der Waals surface area contributed by atoms with Crippen LogP contribution in [-0.4, -0.2) is 20.9 Å². The van der Waals surface area contributed by atoms with Crippen molar-refractivity contribution in [1.29, 1.82) is 0 Å². The zero-order valence-electron chi connectivity index (χ0n) is 7.77. The molecule has 2 aromatic rings.